The molecule has 34 heavy (non-hydrogen) atoms. The van der Waals surface area contributed by atoms with E-state index in [-0.39, 0.29) is 28.4 Å². The van der Waals surface area contributed by atoms with Gasteiger partial charge in [-0.25, -0.2) is 0 Å². The van der Waals surface area contributed by atoms with Gasteiger partial charge in [0.1, 0.15) is 17.2 Å². The number of hydrogen-bond acceptors (Lipinski definition) is 5. The van der Waals surface area contributed by atoms with Crippen molar-refractivity contribution in [1.82, 2.24) is 9.13 Å². The zero-order valence-electron chi connectivity index (χ0n) is 18.6. The van der Waals surface area contributed by atoms with Crippen molar-refractivity contribution >= 4 is 21.8 Å². The summed E-state index contributed by atoms with van der Waals surface area (Å²) < 4.78 is 2.83. The minimum absolute atomic E-state index is 0.00812. The number of fused-ring (bicyclic) bond motifs is 2. The van der Waals surface area contributed by atoms with Crippen LogP contribution in [0.3, 0.4) is 0 Å². The first kappa shape index (κ1) is 21.3. The Morgan fingerprint density at radius 1 is 0.618 bits per heavy atom. The smallest absolute Gasteiger partial charge is 0.258 e. The fourth-order valence-corrected chi connectivity index (χ4v) is 4.67. The molecule has 0 aliphatic heterocycles. The normalized spacial score (nSPS) is 11.5. The minimum atomic E-state index is -1.09. The van der Waals surface area contributed by atoms with Crippen LogP contribution in [0.25, 0.3) is 21.8 Å². The number of aryl methyl sites for hydroxylation is 2. The van der Waals surface area contributed by atoms with Gasteiger partial charge in [0.25, 0.3) is 11.1 Å². The number of benzene rings is 3. The summed E-state index contributed by atoms with van der Waals surface area (Å²) in [6.45, 7) is 0. The summed E-state index contributed by atoms with van der Waals surface area (Å²) in [7, 11) is 3.19. The lowest BCUT2D eigenvalue weighted by molar-refractivity contribution is 0.460. The lowest BCUT2D eigenvalue weighted by Gasteiger charge is -2.23. The first-order valence-electron chi connectivity index (χ1n) is 10.7. The number of para-hydroxylation sites is 2. The highest BCUT2D eigenvalue weighted by molar-refractivity contribution is 5.89. The van der Waals surface area contributed by atoms with E-state index in [1.54, 1.807) is 74.8 Å². The van der Waals surface area contributed by atoms with Crippen molar-refractivity contribution in [3.63, 3.8) is 0 Å². The van der Waals surface area contributed by atoms with Gasteiger partial charge in [-0.1, -0.05) is 36.4 Å². The van der Waals surface area contributed by atoms with Gasteiger partial charge in [-0.2, -0.15) is 0 Å². The fraction of sp³-hybridized carbons (Fsp3) is 0.111. The molecule has 0 unspecified atom stereocenters. The molecule has 2 heterocycles. The van der Waals surface area contributed by atoms with Gasteiger partial charge in [-0.3, -0.25) is 9.59 Å². The standard InChI is InChI=1S/C27H22N2O5/c1-28-19-9-5-3-7-17(19)24(31)22(26(28)33)21(15-11-13-16(30)14-12-15)23-25(32)18-8-4-6-10-20(18)29(2)27(23)34/h3-14,21,30-32H,1-2H3. The molecule has 0 fully saturated rings. The molecule has 0 aliphatic carbocycles. The zero-order valence-corrected chi connectivity index (χ0v) is 18.6. The summed E-state index contributed by atoms with van der Waals surface area (Å²) in [5.41, 5.74) is 0.475. The number of phenolic OH excluding ortho intramolecular Hbond substituents is 1. The highest BCUT2D eigenvalue weighted by atomic mass is 16.3. The SMILES string of the molecule is Cn1c(=O)c(C(c2ccc(O)cc2)c2c(O)c3ccccc3n(C)c2=O)c(O)c2ccccc21. The highest BCUT2D eigenvalue weighted by Crippen LogP contribution is 2.41. The molecule has 0 radical (unpaired) electrons. The van der Waals surface area contributed by atoms with E-state index in [9.17, 15) is 24.9 Å². The number of rotatable bonds is 3. The molecule has 170 valence electrons. The molecule has 0 saturated carbocycles. The number of nitrogens with zero attached hydrogens (tertiary/aromatic N) is 2. The van der Waals surface area contributed by atoms with Crippen molar-refractivity contribution < 1.29 is 15.3 Å². The van der Waals surface area contributed by atoms with E-state index >= 15 is 0 Å². The molecule has 0 aliphatic rings. The molecule has 7 heteroatoms. The largest absolute Gasteiger partial charge is 0.508 e. The monoisotopic (exact) mass is 454 g/mol. The Morgan fingerprint density at radius 2 is 1.03 bits per heavy atom. The van der Waals surface area contributed by atoms with Gasteiger partial charge in [-0.15, -0.1) is 0 Å². The van der Waals surface area contributed by atoms with E-state index in [0.717, 1.165) is 0 Å². The van der Waals surface area contributed by atoms with E-state index in [2.05, 4.69) is 0 Å². The van der Waals surface area contributed by atoms with Gasteiger partial charge < -0.3 is 24.5 Å². The first-order chi connectivity index (χ1) is 16.3. The van der Waals surface area contributed by atoms with Crippen LogP contribution in [-0.2, 0) is 14.1 Å². The molecule has 0 atom stereocenters. The second kappa shape index (κ2) is 7.81. The summed E-state index contributed by atoms with van der Waals surface area (Å²) in [5, 5.41) is 33.4. The quantitative estimate of drug-likeness (QED) is 0.386. The van der Waals surface area contributed by atoms with Crippen LogP contribution < -0.4 is 11.1 Å². The van der Waals surface area contributed by atoms with Gasteiger partial charge in [0.2, 0.25) is 0 Å². The molecular formula is C27H22N2O5. The third-order valence-corrected chi connectivity index (χ3v) is 6.43. The molecule has 3 aromatic carbocycles. The summed E-state index contributed by atoms with van der Waals surface area (Å²) in [6, 6.07) is 19.9. The summed E-state index contributed by atoms with van der Waals surface area (Å²) in [5.74, 6) is -1.60. The predicted octanol–water partition coefficient (Wildman–Crippen LogP) is 3.69. The van der Waals surface area contributed by atoms with Crippen LogP contribution in [0.2, 0.25) is 0 Å². The number of phenols is 1. The molecule has 0 bridgehead atoms. The molecule has 5 aromatic rings. The summed E-state index contributed by atoms with van der Waals surface area (Å²) >= 11 is 0. The van der Waals surface area contributed by atoms with Crippen LogP contribution in [0.5, 0.6) is 17.2 Å². The molecule has 3 N–H and O–H groups in total. The average Bonchev–Trinajstić information content (AvgIpc) is 2.86. The third kappa shape index (κ3) is 3.05. The lowest BCUT2D eigenvalue weighted by atomic mass is 9.84. The maximum atomic E-state index is 13.6. The Balaban J connectivity index is 1.97. The maximum Gasteiger partial charge on any atom is 0.258 e. The maximum absolute atomic E-state index is 13.6. The van der Waals surface area contributed by atoms with Crippen LogP contribution in [0.1, 0.15) is 22.6 Å². The highest BCUT2D eigenvalue weighted by Gasteiger charge is 2.32. The lowest BCUT2D eigenvalue weighted by Crippen LogP contribution is -2.30. The Morgan fingerprint density at radius 3 is 1.47 bits per heavy atom. The van der Waals surface area contributed by atoms with Crippen LogP contribution >= 0.6 is 0 Å². The zero-order chi connectivity index (χ0) is 24.1. The van der Waals surface area contributed by atoms with Gasteiger partial charge in [-0.05, 0) is 42.0 Å². The molecule has 0 amide bonds. The predicted molar refractivity (Wildman–Crippen MR) is 131 cm³/mol. The van der Waals surface area contributed by atoms with Crippen molar-refractivity contribution in [2.45, 2.75) is 5.92 Å². The Labute approximate surface area is 194 Å². The van der Waals surface area contributed by atoms with E-state index in [0.29, 0.717) is 27.4 Å². The van der Waals surface area contributed by atoms with Crippen molar-refractivity contribution in [2.24, 2.45) is 14.1 Å². The third-order valence-electron chi connectivity index (χ3n) is 6.43. The van der Waals surface area contributed by atoms with Crippen molar-refractivity contribution in [1.29, 1.82) is 0 Å². The molecular weight excluding hydrogens is 432 g/mol. The number of pyridine rings is 2. The number of hydrogen-bond donors (Lipinski definition) is 3. The first-order valence-corrected chi connectivity index (χ1v) is 10.7. The molecule has 0 saturated heterocycles. The van der Waals surface area contributed by atoms with Crippen molar-refractivity contribution in [3.8, 4) is 17.2 Å². The fourth-order valence-electron chi connectivity index (χ4n) is 4.67. The minimum Gasteiger partial charge on any atom is -0.508 e. The van der Waals surface area contributed by atoms with Crippen molar-refractivity contribution in [2.75, 3.05) is 0 Å². The summed E-state index contributed by atoms with van der Waals surface area (Å²) in [6.07, 6.45) is 0. The molecule has 7 nitrogen and oxygen atoms in total. The Hall–Kier alpha value is -4.52. The van der Waals surface area contributed by atoms with Crippen LogP contribution in [0.15, 0.2) is 82.4 Å². The molecule has 5 rings (SSSR count). The van der Waals surface area contributed by atoms with Crippen LogP contribution in [-0.4, -0.2) is 24.5 Å². The molecule has 0 spiro atoms. The van der Waals surface area contributed by atoms with Gasteiger partial charge in [0.15, 0.2) is 0 Å². The van der Waals surface area contributed by atoms with Crippen molar-refractivity contribution in [3.05, 3.63) is 110 Å². The second-order valence-corrected chi connectivity index (χ2v) is 8.31. The van der Waals surface area contributed by atoms with Crippen LogP contribution in [0.4, 0.5) is 0 Å². The Bertz CT molecular complexity index is 1590. The van der Waals surface area contributed by atoms with E-state index in [1.807, 2.05) is 0 Å². The number of aromatic hydroxyl groups is 3. The van der Waals surface area contributed by atoms with Gasteiger partial charge in [0, 0.05) is 24.9 Å². The topological polar surface area (TPSA) is 105 Å². The van der Waals surface area contributed by atoms with E-state index in [1.165, 1.54) is 21.3 Å². The van der Waals surface area contributed by atoms with Gasteiger partial charge in [0.05, 0.1) is 28.1 Å². The Kier molecular flexibility index (Phi) is 4.90. The second-order valence-electron chi connectivity index (χ2n) is 8.31. The summed E-state index contributed by atoms with van der Waals surface area (Å²) in [4.78, 5) is 27.2. The van der Waals surface area contributed by atoms with Crippen LogP contribution in [0, 0.1) is 0 Å². The van der Waals surface area contributed by atoms with E-state index < -0.39 is 17.0 Å². The average molecular weight is 454 g/mol. The van der Waals surface area contributed by atoms with E-state index in [4.69, 9.17) is 0 Å². The molecule has 2 aromatic heterocycles. The number of aromatic nitrogens is 2. The van der Waals surface area contributed by atoms with Gasteiger partial charge >= 0.3 is 0 Å².